The maximum absolute atomic E-state index is 12.0. The summed E-state index contributed by atoms with van der Waals surface area (Å²) in [6.45, 7) is 3.93. The van der Waals surface area contributed by atoms with Crippen molar-refractivity contribution in [3.05, 3.63) is 29.8 Å². The second-order valence-electron chi connectivity index (χ2n) is 5.42. The number of carbonyl (C=O) groups is 2. The fraction of sp³-hybridized carbons (Fsp3) is 0.500. The Morgan fingerprint density at radius 1 is 1.17 bits per heavy atom. The lowest BCUT2D eigenvalue weighted by atomic mass is 10.1. The SMILES string of the molecule is CCCCC(NC(=O)Cc1ccc(S(=O)(=O)NCC)cc1)C(=O)O. The molecular weight excluding hydrogens is 332 g/mol. The van der Waals surface area contributed by atoms with Gasteiger partial charge in [-0.1, -0.05) is 38.8 Å². The number of sulfonamides is 1. The van der Waals surface area contributed by atoms with E-state index < -0.39 is 27.9 Å². The van der Waals surface area contributed by atoms with Crippen LogP contribution in [0.2, 0.25) is 0 Å². The van der Waals surface area contributed by atoms with Gasteiger partial charge in [0.15, 0.2) is 0 Å². The summed E-state index contributed by atoms with van der Waals surface area (Å²) in [4.78, 5) is 23.2. The first-order valence-electron chi connectivity index (χ1n) is 7.91. The van der Waals surface area contributed by atoms with Crippen molar-refractivity contribution in [1.82, 2.24) is 10.0 Å². The zero-order valence-electron chi connectivity index (χ0n) is 13.9. The van der Waals surface area contributed by atoms with Crippen molar-refractivity contribution in [2.45, 2.75) is 50.5 Å². The van der Waals surface area contributed by atoms with Gasteiger partial charge in [0.2, 0.25) is 15.9 Å². The number of rotatable bonds is 10. The zero-order chi connectivity index (χ0) is 18.2. The lowest BCUT2D eigenvalue weighted by molar-refractivity contribution is -0.142. The highest BCUT2D eigenvalue weighted by Crippen LogP contribution is 2.11. The van der Waals surface area contributed by atoms with E-state index in [-0.39, 0.29) is 11.3 Å². The Morgan fingerprint density at radius 2 is 1.79 bits per heavy atom. The molecule has 0 aliphatic rings. The van der Waals surface area contributed by atoms with E-state index in [9.17, 15) is 18.0 Å². The van der Waals surface area contributed by atoms with Crippen LogP contribution in [-0.4, -0.2) is 38.0 Å². The van der Waals surface area contributed by atoms with Crippen LogP contribution < -0.4 is 10.0 Å². The summed E-state index contributed by atoms with van der Waals surface area (Å²) in [5, 5.41) is 11.6. The molecule has 0 bridgehead atoms. The predicted octanol–water partition coefficient (Wildman–Crippen LogP) is 1.29. The van der Waals surface area contributed by atoms with Crippen molar-refractivity contribution in [3.63, 3.8) is 0 Å². The van der Waals surface area contributed by atoms with E-state index in [0.29, 0.717) is 24.9 Å². The average molecular weight is 356 g/mol. The van der Waals surface area contributed by atoms with Crippen molar-refractivity contribution in [3.8, 4) is 0 Å². The van der Waals surface area contributed by atoms with Crippen LogP contribution in [0.15, 0.2) is 29.2 Å². The third kappa shape index (κ3) is 6.29. The molecule has 134 valence electrons. The third-order valence-electron chi connectivity index (χ3n) is 3.41. The lowest BCUT2D eigenvalue weighted by Gasteiger charge is -2.14. The van der Waals surface area contributed by atoms with Gasteiger partial charge in [-0.2, -0.15) is 0 Å². The first-order chi connectivity index (χ1) is 11.3. The fourth-order valence-electron chi connectivity index (χ4n) is 2.16. The zero-order valence-corrected chi connectivity index (χ0v) is 14.7. The van der Waals surface area contributed by atoms with Crippen molar-refractivity contribution in [2.24, 2.45) is 0 Å². The van der Waals surface area contributed by atoms with Crippen LogP contribution in [0.3, 0.4) is 0 Å². The van der Waals surface area contributed by atoms with Gasteiger partial charge in [0.1, 0.15) is 6.04 Å². The smallest absolute Gasteiger partial charge is 0.326 e. The van der Waals surface area contributed by atoms with Crippen molar-refractivity contribution in [2.75, 3.05) is 6.54 Å². The molecule has 0 heterocycles. The van der Waals surface area contributed by atoms with Crippen LogP contribution in [0.4, 0.5) is 0 Å². The highest BCUT2D eigenvalue weighted by Gasteiger charge is 2.19. The van der Waals surface area contributed by atoms with Gasteiger partial charge in [0, 0.05) is 6.54 Å². The molecule has 0 aliphatic carbocycles. The van der Waals surface area contributed by atoms with Gasteiger partial charge in [0.05, 0.1) is 11.3 Å². The van der Waals surface area contributed by atoms with Gasteiger partial charge >= 0.3 is 5.97 Å². The van der Waals surface area contributed by atoms with E-state index in [4.69, 9.17) is 5.11 Å². The van der Waals surface area contributed by atoms with E-state index in [2.05, 4.69) is 10.0 Å². The van der Waals surface area contributed by atoms with Crippen LogP contribution in [0.25, 0.3) is 0 Å². The predicted molar refractivity (Wildman–Crippen MR) is 90.1 cm³/mol. The van der Waals surface area contributed by atoms with Crippen LogP contribution in [0, 0.1) is 0 Å². The largest absolute Gasteiger partial charge is 0.480 e. The summed E-state index contributed by atoms with van der Waals surface area (Å²) in [6, 6.07) is 5.04. The Hall–Kier alpha value is -1.93. The number of carbonyl (C=O) groups excluding carboxylic acids is 1. The number of unbranched alkanes of at least 4 members (excludes halogenated alkanes) is 1. The third-order valence-corrected chi connectivity index (χ3v) is 4.97. The minimum atomic E-state index is -3.52. The summed E-state index contributed by atoms with van der Waals surface area (Å²) in [7, 11) is -3.52. The molecule has 0 aromatic heterocycles. The molecule has 0 fully saturated rings. The fourth-order valence-corrected chi connectivity index (χ4v) is 3.20. The summed E-state index contributed by atoms with van der Waals surface area (Å²) in [5.41, 5.74) is 0.613. The molecule has 0 radical (unpaired) electrons. The Morgan fingerprint density at radius 3 is 2.29 bits per heavy atom. The van der Waals surface area contributed by atoms with Crippen LogP contribution in [-0.2, 0) is 26.0 Å². The molecule has 0 saturated heterocycles. The quantitative estimate of drug-likeness (QED) is 0.585. The molecule has 8 heteroatoms. The topological polar surface area (TPSA) is 113 Å². The highest BCUT2D eigenvalue weighted by molar-refractivity contribution is 7.89. The number of benzene rings is 1. The molecule has 24 heavy (non-hydrogen) atoms. The molecule has 0 aliphatic heterocycles. The van der Waals surface area contributed by atoms with Crippen LogP contribution >= 0.6 is 0 Å². The molecule has 0 saturated carbocycles. The second kappa shape index (κ2) is 9.39. The minimum Gasteiger partial charge on any atom is -0.480 e. The number of amides is 1. The number of nitrogens with one attached hydrogen (secondary N) is 2. The van der Waals surface area contributed by atoms with E-state index in [1.807, 2.05) is 6.92 Å². The van der Waals surface area contributed by atoms with E-state index in [0.717, 1.165) is 6.42 Å². The van der Waals surface area contributed by atoms with Crippen molar-refractivity contribution < 1.29 is 23.1 Å². The molecule has 1 atom stereocenters. The highest BCUT2D eigenvalue weighted by atomic mass is 32.2. The maximum atomic E-state index is 12.0. The molecule has 1 rings (SSSR count). The molecule has 1 unspecified atom stereocenters. The van der Waals surface area contributed by atoms with E-state index in [1.165, 1.54) is 12.1 Å². The summed E-state index contributed by atoms with van der Waals surface area (Å²) in [6.07, 6.45) is 1.95. The van der Waals surface area contributed by atoms with Crippen molar-refractivity contribution >= 4 is 21.9 Å². The van der Waals surface area contributed by atoms with Gasteiger partial charge in [-0.25, -0.2) is 17.9 Å². The van der Waals surface area contributed by atoms with Gasteiger partial charge in [-0.3, -0.25) is 4.79 Å². The number of hydrogen-bond acceptors (Lipinski definition) is 4. The van der Waals surface area contributed by atoms with Crippen LogP contribution in [0.5, 0.6) is 0 Å². The molecule has 3 N–H and O–H groups in total. The molecule has 1 amide bonds. The average Bonchev–Trinajstić information content (AvgIpc) is 2.51. The monoisotopic (exact) mass is 356 g/mol. The number of aliphatic carboxylic acids is 1. The molecule has 7 nitrogen and oxygen atoms in total. The molecule has 0 spiro atoms. The van der Waals surface area contributed by atoms with E-state index >= 15 is 0 Å². The second-order valence-corrected chi connectivity index (χ2v) is 7.19. The molecule has 1 aromatic carbocycles. The standard InChI is InChI=1S/C16H24N2O5S/c1-3-5-6-14(16(20)21)18-15(19)11-12-7-9-13(10-8-12)24(22,23)17-4-2/h7-10,14,17H,3-6,11H2,1-2H3,(H,18,19)(H,20,21). The van der Waals surface area contributed by atoms with Gasteiger partial charge < -0.3 is 10.4 Å². The Bertz CT molecular complexity index is 656. The number of carboxylic acids is 1. The minimum absolute atomic E-state index is 0.00254. The van der Waals surface area contributed by atoms with Crippen LogP contribution in [0.1, 0.15) is 38.7 Å². The Balaban J connectivity index is 2.69. The molecular formula is C16H24N2O5S. The van der Waals surface area contributed by atoms with Gasteiger partial charge in [-0.05, 0) is 24.1 Å². The summed E-state index contributed by atoms with van der Waals surface area (Å²) < 4.78 is 26.0. The Labute approximate surface area is 142 Å². The first-order valence-corrected chi connectivity index (χ1v) is 9.39. The van der Waals surface area contributed by atoms with Gasteiger partial charge in [0.25, 0.3) is 0 Å². The lowest BCUT2D eigenvalue weighted by Crippen LogP contribution is -2.41. The van der Waals surface area contributed by atoms with Gasteiger partial charge in [-0.15, -0.1) is 0 Å². The number of carboxylic acid groups (broad SMARTS) is 1. The Kier molecular flexibility index (Phi) is 7.87. The van der Waals surface area contributed by atoms with Crippen molar-refractivity contribution in [1.29, 1.82) is 0 Å². The normalized spacial score (nSPS) is 12.6. The maximum Gasteiger partial charge on any atom is 0.326 e. The number of hydrogen-bond donors (Lipinski definition) is 3. The van der Waals surface area contributed by atoms with E-state index in [1.54, 1.807) is 19.1 Å². The summed E-state index contributed by atoms with van der Waals surface area (Å²) >= 11 is 0. The molecule has 1 aromatic rings. The summed E-state index contributed by atoms with van der Waals surface area (Å²) in [5.74, 6) is -1.45. The first kappa shape index (κ1) is 20.1.